The van der Waals surface area contributed by atoms with Gasteiger partial charge in [-0.05, 0) is 19.7 Å². The quantitative estimate of drug-likeness (QED) is 0.668. The Morgan fingerprint density at radius 3 is 2.83 bits per heavy atom. The number of carbonyl (C=O) groups excluding carboxylic acids is 1. The van der Waals surface area contributed by atoms with Gasteiger partial charge in [0.05, 0.1) is 24.4 Å². The van der Waals surface area contributed by atoms with E-state index in [1.165, 1.54) is 11.0 Å². The van der Waals surface area contributed by atoms with Crippen molar-refractivity contribution in [2.75, 3.05) is 13.7 Å². The number of likely N-dealkylation sites (N-methyl/N-ethyl adjacent to an activating group) is 1. The zero-order chi connectivity index (χ0) is 17.1. The van der Waals surface area contributed by atoms with E-state index in [9.17, 15) is 9.90 Å². The highest BCUT2D eigenvalue weighted by Crippen LogP contribution is 2.34. The number of aliphatic hydroxyl groups is 1. The molecule has 0 aliphatic heterocycles. The maximum absolute atomic E-state index is 12.7. The van der Waals surface area contributed by atoms with Gasteiger partial charge in [-0.15, -0.1) is 0 Å². The minimum absolute atomic E-state index is 0.145. The molecule has 0 radical (unpaired) electrons. The van der Waals surface area contributed by atoms with Crippen LogP contribution in [0.1, 0.15) is 17.3 Å². The number of amides is 1. The first-order chi connectivity index (χ1) is 10.9. The van der Waals surface area contributed by atoms with Crippen LogP contribution in [0.15, 0.2) is 23.5 Å². The van der Waals surface area contributed by atoms with Gasteiger partial charge in [0.25, 0.3) is 5.91 Å². The number of hydrogen-bond acceptors (Lipinski definition) is 5. The predicted octanol–water partition coefficient (Wildman–Crippen LogP) is 1.92. The van der Waals surface area contributed by atoms with E-state index in [4.69, 9.17) is 11.6 Å². The van der Waals surface area contributed by atoms with Crippen molar-refractivity contribution < 1.29 is 9.90 Å². The Hall–Kier alpha value is -2.25. The first kappa shape index (κ1) is 17.1. The molecule has 23 heavy (non-hydrogen) atoms. The topological polar surface area (TPSA) is 83.6 Å². The standard InChI is InChI=1S/C15H18ClN5O2/c1-9(8-22)21(4)15(23)11-5-12(16)19-13(14(11)17-2)10-6-18-20(3)7-10/h5-7,9,22H,2,8H2,1,3-4H3/t9-/m0/s1. The van der Waals surface area contributed by atoms with E-state index in [1.807, 2.05) is 0 Å². The van der Waals surface area contributed by atoms with Crippen molar-refractivity contribution in [2.45, 2.75) is 13.0 Å². The number of aliphatic hydroxyl groups excluding tert-OH is 1. The SMILES string of the molecule is C=Nc1c(C(=O)N(C)[C@@H](C)CO)cc(Cl)nc1-c1cnn(C)c1. The highest BCUT2D eigenvalue weighted by molar-refractivity contribution is 6.30. The molecule has 0 saturated heterocycles. The zero-order valence-corrected chi connectivity index (χ0v) is 13.9. The highest BCUT2D eigenvalue weighted by atomic mass is 35.5. The summed E-state index contributed by atoms with van der Waals surface area (Å²) in [5.41, 5.74) is 1.74. The third kappa shape index (κ3) is 3.40. The van der Waals surface area contributed by atoms with E-state index in [1.54, 1.807) is 38.1 Å². The second kappa shape index (κ2) is 6.89. The summed E-state index contributed by atoms with van der Waals surface area (Å²) in [5, 5.41) is 13.5. The van der Waals surface area contributed by atoms with Crippen LogP contribution in [-0.4, -0.2) is 57.1 Å². The molecule has 0 bridgehead atoms. The average Bonchev–Trinajstić information content (AvgIpc) is 2.98. The van der Waals surface area contributed by atoms with E-state index >= 15 is 0 Å². The summed E-state index contributed by atoms with van der Waals surface area (Å²) in [6, 6.07) is 1.11. The molecular weight excluding hydrogens is 318 g/mol. The lowest BCUT2D eigenvalue weighted by molar-refractivity contribution is 0.0683. The smallest absolute Gasteiger partial charge is 0.256 e. The van der Waals surface area contributed by atoms with Crippen molar-refractivity contribution in [3.05, 3.63) is 29.2 Å². The molecule has 0 fully saturated rings. The van der Waals surface area contributed by atoms with Gasteiger partial charge in [0.15, 0.2) is 0 Å². The van der Waals surface area contributed by atoms with Crippen LogP contribution in [0.5, 0.6) is 0 Å². The number of aryl methyl sites for hydroxylation is 1. The van der Waals surface area contributed by atoms with Gasteiger partial charge in [0, 0.05) is 25.9 Å². The summed E-state index contributed by atoms with van der Waals surface area (Å²) < 4.78 is 1.62. The second-order valence-electron chi connectivity index (χ2n) is 5.20. The monoisotopic (exact) mass is 335 g/mol. The summed E-state index contributed by atoms with van der Waals surface area (Å²) in [7, 11) is 3.38. The van der Waals surface area contributed by atoms with Gasteiger partial charge in [-0.25, -0.2) is 4.98 Å². The number of pyridine rings is 1. The Morgan fingerprint density at radius 2 is 2.30 bits per heavy atom. The first-order valence-corrected chi connectivity index (χ1v) is 7.31. The number of aromatic nitrogens is 3. The molecule has 1 amide bonds. The summed E-state index contributed by atoms with van der Waals surface area (Å²) in [5.74, 6) is -0.316. The molecule has 122 valence electrons. The molecule has 0 aromatic carbocycles. The molecule has 0 spiro atoms. The van der Waals surface area contributed by atoms with E-state index in [2.05, 4.69) is 21.8 Å². The van der Waals surface area contributed by atoms with Crippen LogP contribution in [0.25, 0.3) is 11.3 Å². The van der Waals surface area contributed by atoms with Crippen LogP contribution < -0.4 is 0 Å². The molecule has 2 aromatic heterocycles. The number of carbonyl (C=O) groups is 1. The average molecular weight is 336 g/mol. The number of halogens is 1. The van der Waals surface area contributed by atoms with Gasteiger partial charge >= 0.3 is 0 Å². The fraction of sp³-hybridized carbons (Fsp3) is 0.333. The fourth-order valence-corrected chi connectivity index (χ4v) is 2.28. The van der Waals surface area contributed by atoms with Crippen LogP contribution in [0.4, 0.5) is 5.69 Å². The summed E-state index contributed by atoms with van der Waals surface area (Å²) in [4.78, 5) is 22.3. The van der Waals surface area contributed by atoms with E-state index in [0.717, 1.165) is 0 Å². The lowest BCUT2D eigenvalue weighted by Crippen LogP contribution is -2.37. The molecule has 1 N–H and O–H groups in total. The zero-order valence-electron chi connectivity index (χ0n) is 13.2. The number of rotatable bonds is 5. The third-order valence-corrected chi connectivity index (χ3v) is 3.77. The lowest BCUT2D eigenvalue weighted by Gasteiger charge is -2.24. The molecule has 2 heterocycles. The van der Waals surface area contributed by atoms with Gasteiger partial charge in [-0.2, -0.15) is 5.10 Å². The van der Waals surface area contributed by atoms with Crippen LogP contribution >= 0.6 is 11.6 Å². The van der Waals surface area contributed by atoms with E-state index in [0.29, 0.717) is 16.9 Å². The van der Waals surface area contributed by atoms with Crippen molar-refractivity contribution in [1.82, 2.24) is 19.7 Å². The lowest BCUT2D eigenvalue weighted by atomic mass is 10.1. The molecule has 2 rings (SSSR count). The Kier molecular flexibility index (Phi) is 5.12. The largest absolute Gasteiger partial charge is 0.394 e. The molecule has 0 saturated carbocycles. The molecule has 1 atom stereocenters. The third-order valence-electron chi connectivity index (χ3n) is 3.57. The highest BCUT2D eigenvalue weighted by Gasteiger charge is 2.23. The molecular formula is C15H18ClN5O2. The first-order valence-electron chi connectivity index (χ1n) is 6.93. The van der Waals surface area contributed by atoms with Crippen LogP contribution in [0.2, 0.25) is 5.15 Å². The Balaban J connectivity index is 2.58. The summed E-state index contributed by atoms with van der Waals surface area (Å²) in [6.07, 6.45) is 3.36. The van der Waals surface area contributed by atoms with Crippen molar-refractivity contribution in [3.63, 3.8) is 0 Å². The van der Waals surface area contributed by atoms with Crippen molar-refractivity contribution in [3.8, 4) is 11.3 Å². The summed E-state index contributed by atoms with van der Waals surface area (Å²) in [6.45, 7) is 5.13. The minimum atomic E-state index is -0.339. The van der Waals surface area contributed by atoms with Gasteiger partial charge < -0.3 is 10.0 Å². The molecule has 2 aromatic rings. The summed E-state index contributed by atoms with van der Waals surface area (Å²) >= 11 is 6.08. The number of aliphatic imine (C=N–C) groups is 1. The number of hydrogen-bond donors (Lipinski definition) is 1. The molecule has 7 nitrogen and oxygen atoms in total. The maximum atomic E-state index is 12.7. The Morgan fingerprint density at radius 1 is 1.61 bits per heavy atom. The van der Waals surface area contributed by atoms with E-state index < -0.39 is 0 Å². The Labute approximate surface area is 139 Å². The number of nitrogens with zero attached hydrogens (tertiary/aromatic N) is 5. The maximum Gasteiger partial charge on any atom is 0.256 e. The normalized spacial score (nSPS) is 12.0. The van der Waals surface area contributed by atoms with Gasteiger partial charge in [-0.3, -0.25) is 14.5 Å². The van der Waals surface area contributed by atoms with Crippen LogP contribution in [0.3, 0.4) is 0 Å². The molecule has 0 unspecified atom stereocenters. The van der Waals surface area contributed by atoms with Crippen molar-refractivity contribution >= 4 is 29.9 Å². The van der Waals surface area contributed by atoms with Gasteiger partial charge in [-0.1, -0.05) is 11.6 Å². The fourth-order valence-electron chi connectivity index (χ4n) is 2.09. The predicted molar refractivity (Wildman–Crippen MR) is 89.3 cm³/mol. The Bertz CT molecular complexity index is 743. The van der Waals surface area contributed by atoms with Crippen molar-refractivity contribution in [1.29, 1.82) is 0 Å². The minimum Gasteiger partial charge on any atom is -0.394 e. The van der Waals surface area contributed by atoms with Crippen LogP contribution in [0, 0.1) is 0 Å². The molecule has 0 aliphatic rings. The van der Waals surface area contributed by atoms with Crippen molar-refractivity contribution in [2.24, 2.45) is 12.0 Å². The van der Waals surface area contributed by atoms with Gasteiger partial charge in [0.2, 0.25) is 0 Å². The van der Waals surface area contributed by atoms with Crippen LogP contribution in [-0.2, 0) is 7.05 Å². The second-order valence-corrected chi connectivity index (χ2v) is 5.59. The van der Waals surface area contributed by atoms with E-state index in [-0.39, 0.29) is 29.3 Å². The van der Waals surface area contributed by atoms with Gasteiger partial charge in [0.1, 0.15) is 16.5 Å². The molecule has 0 aliphatic carbocycles. The molecule has 8 heteroatoms.